The number of rotatable bonds is 7. The predicted molar refractivity (Wildman–Crippen MR) is 91.6 cm³/mol. The fraction of sp³-hybridized carbons (Fsp3) is 0.211. The fourth-order valence-corrected chi connectivity index (χ4v) is 2.77. The second-order valence-corrected chi connectivity index (χ2v) is 5.67. The summed E-state index contributed by atoms with van der Waals surface area (Å²) in [5.74, 6) is -0.278. The van der Waals surface area contributed by atoms with Crippen LogP contribution in [0.5, 0.6) is 0 Å². The summed E-state index contributed by atoms with van der Waals surface area (Å²) in [6.07, 6.45) is 1.72. The Kier molecular flexibility index (Phi) is 5.36. The van der Waals surface area contributed by atoms with Crippen LogP contribution in [-0.4, -0.2) is 33.4 Å². The topological polar surface area (TPSA) is 52.1 Å². The summed E-state index contributed by atoms with van der Waals surface area (Å²) < 4.78 is 14.1. The zero-order valence-corrected chi connectivity index (χ0v) is 13.3. The van der Waals surface area contributed by atoms with E-state index in [-0.39, 0.29) is 12.4 Å². The molecule has 0 aliphatic heterocycles. The van der Waals surface area contributed by atoms with Crippen molar-refractivity contribution in [3.63, 3.8) is 0 Å². The molecule has 1 heterocycles. The Bertz CT molecular complexity index is 773. The lowest BCUT2D eigenvalue weighted by molar-refractivity contribution is 0.184. The van der Waals surface area contributed by atoms with Gasteiger partial charge in [-0.3, -0.25) is 10.00 Å². The first-order valence-electron chi connectivity index (χ1n) is 7.92. The monoisotopic (exact) mass is 325 g/mol. The standard InChI is InChI=1S/C19H20FN3O/c20-18-9-5-4-8-17(18)19-16(12-21-22-19)14-23(10-11-24)13-15-6-2-1-3-7-15/h1-9,12,24H,10-11,13-14H2,(H,21,22). The van der Waals surface area contributed by atoms with E-state index < -0.39 is 0 Å². The zero-order chi connectivity index (χ0) is 16.8. The van der Waals surface area contributed by atoms with E-state index in [1.165, 1.54) is 11.6 Å². The average molecular weight is 325 g/mol. The molecular formula is C19H20FN3O. The van der Waals surface area contributed by atoms with Crippen LogP contribution in [-0.2, 0) is 13.1 Å². The Morgan fingerprint density at radius 3 is 2.50 bits per heavy atom. The van der Waals surface area contributed by atoms with Gasteiger partial charge in [-0.25, -0.2) is 4.39 Å². The van der Waals surface area contributed by atoms with Crippen LogP contribution in [0.4, 0.5) is 4.39 Å². The first kappa shape index (κ1) is 16.4. The average Bonchev–Trinajstić information content (AvgIpc) is 3.04. The molecule has 0 fully saturated rings. The number of aromatic amines is 1. The molecule has 0 spiro atoms. The lowest BCUT2D eigenvalue weighted by Gasteiger charge is -2.21. The quantitative estimate of drug-likeness (QED) is 0.701. The summed E-state index contributed by atoms with van der Waals surface area (Å²) in [7, 11) is 0. The molecule has 0 aliphatic rings. The minimum absolute atomic E-state index is 0.0692. The number of hydrogen-bond donors (Lipinski definition) is 2. The number of aromatic nitrogens is 2. The summed E-state index contributed by atoms with van der Waals surface area (Å²) in [4.78, 5) is 2.12. The third kappa shape index (κ3) is 3.88. The van der Waals surface area contributed by atoms with E-state index in [4.69, 9.17) is 0 Å². The molecule has 0 aliphatic carbocycles. The molecule has 3 aromatic rings. The smallest absolute Gasteiger partial charge is 0.132 e. The number of aliphatic hydroxyl groups excluding tert-OH is 1. The van der Waals surface area contributed by atoms with E-state index in [2.05, 4.69) is 27.2 Å². The van der Waals surface area contributed by atoms with Gasteiger partial charge in [-0.1, -0.05) is 42.5 Å². The molecule has 2 N–H and O–H groups in total. The van der Waals surface area contributed by atoms with Gasteiger partial charge in [0.1, 0.15) is 5.82 Å². The van der Waals surface area contributed by atoms with Crippen molar-refractivity contribution < 1.29 is 9.50 Å². The third-order valence-electron chi connectivity index (χ3n) is 3.92. The Balaban J connectivity index is 1.81. The van der Waals surface area contributed by atoms with Gasteiger partial charge in [-0.05, 0) is 17.7 Å². The van der Waals surface area contributed by atoms with Gasteiger partial charge in [0.25, 0.3) is 0 Å². The molecule has 0 radical (unpaired) electrons. The van der Waals surface area contributed by atoms with Crippen LogP contribution < -0.4 is 0 Å². The van der Waals surface area contributed by atoms with Crippen molar-refractivity contribution in [1.29, 1.82) is 0 Å². The molecule has 4 nitrogen and oxygen atoms in total. The largest absolute Gasteiger partial charge is 0.395 e. The summed E-state index contributed by atoms with van der Waals surface area (Å²) >= 11 is 0. The molecule has 2 aromatic carbocycles. The second kappa shape index (κ2) is 7.86. The number of H-pyrrole nitrogens is 1. The van der Waals surface area contributed by atoms with Crippen LogP contribution in [0.1, 0.15) is 11.1 Å². The fourth-order valence-electron chi connectivity index (χ4n) is 2.77. The second-order valence-electron chi connectivity index (χ2n) is 5.67. The number of nitrogens with zero attached hydrogens (tertiary/aromatic N) is 2. The SMILES string of the molecule is OCCN(Cc1ccccc1)Cc1cn[nH]c1-c1ccccc1F. The summed E-state index contributed by atoms with van der Waals surface area (Å²) in [6, 6.07) is 16.7. The van der Waals surface area contributed by atoms with Crippen molar-refractivity contribution in [2.75, 3.05) is 13.2 Å². The summed E-state index contributed by atoms with van der Waals surface area (Å²) in [5.41, 5.74) is 3.27. The van der Waals surface area contributed by atoms with Crippen molar-refractivity contribution in [3.8, 4) is 11.3 Å². The zero-order valence-electron chi connectivity index (χ0n) is 13.3. The van der Waals surface area contributed by atoms with Crippen molar-refractivity contribution in [2.24, 2.45) is 0 Å². The normalized spacial score (nSPS) is 11.1. The van der Waals surface area contributed by atoms with Crippen molar-refractivity contribution in [2.45, 2.75) is 13.1 Å². The van der Waals surface area contributed by atoms with Crippen LogP contribution >= 0.6 is 0 Å². The van der Waals surface area contributed by atoms with Gasteiger partial charge in [0, 0.05) is 30.8 Å². The Morgan fingerprint density at radius 1 is 1.00 bits per heavy atom. The molecule has 0 saturated heterocycles. The molecule has 0 bridgehead atoms. The van der Waals surface area contributed by atoms with Gasteiger partial charge >= 0.3 is 0 Å². The van der Waals surface area contributed by atoms with Gasteiger partial charge in [0.05, 0.1) is 18.5 Å². The highest BCUT2D eigenvalue weighted by Gasteiger charge is 2.15. The molecule has 24 heavy (non-hydrogen) atoms. The first-order chi connectivity index (χ1) is 11.8. The molecule has 3 rings (SSSR count). The highest BCUT2D eigenvalue weighted by Crippen LogP contribution is 2.25. The molecule has 0 amide bonds. The minimum Gasteiger partial charge on any atom is -0.395 e. The van der Waals surface area contributed by atoms with Crippen LogP contribution in [0.25, 0.3) is 11.3 Å². The Morgan fingerprint density at radius 2 is 1.75 bits per heavy atom. The lowest BCUT2D eigenvalue weighted by atomic mass is 10.1. The maximum atomic E-state index is 14.1. The van der Waals surface area contributed by atoms with Crippen LogP contribution in [0.15, 0.2) is 60.8 Å². The molecule has 0 saturated carbocycles. The molecule has 0 atom stereocenters. The first-order valence-corrected chi connectivity index (χ1v) is 7.92. The van der Waals surface area contributed by atoms with Gasteiger partial charge < -0.3 is 5.11 Å². The molecular weight excluding hydrogens is 305 g/mol. The lowest BCUT2D eigenvalue weighted by Crippen LogP contribution is -2.26. The van der Waals surface area contributed by atoms with E-state index in [0.717, 1.165) is 5.56 Å². The minimum atomic E-state index is -0.278. The maximum Gasteiger partial charge on any atom is 0.132 e. The predicted octanol–water partition coefficient (Wildman–Crippen LogP) is 3.21. The number of aliphatic hydroxyl groups is 1. The highest BCUT2D eigenvalue weighted by molar-refractivity contribution is 5.63. The maximum absolute atomic E-state index is 14.1. The van der Waals surface area contributed by atoms with Crippen LogP contribution in [0.2, 0.25) is 0 Å². The van der Waals surface area contributed by atoms with E-state index >= 15 is 0 Å². The Labute approximate surface area is 140 Å². The molecule has 0 unspecified atom stereocenters. The van der Waals surface area contributed by atoms with Crippen LogP contribution in [0.3, 0.4) is 0 Å². The van der Waals surface area contributed by atoms with Gasteiger partial charge in [-0.2, -0.15) is 5.10 Å². The van der Waals surface area contributed by atoms with Crippen LogP contribution in [0, 0.1) is 5.82 Å². The van der Waals surface area contributed by atoms with Gasteiger partial charge in [0.2, 0.25) is 0 Å². The van der Waals surface area contributed by atoms with Gasteiger partial charge in [-0.15, -0.1) is 0 Å². The number of benzene rings is 2. The van der Waals surface area contributed by atoms with E-state index in [9.17, 15) is 9.50 Å². The number of hydrogen-bond acceptors (Lipinski definition) is 3. The van der Waals surface area contributed by atoms with Crippen molar-refractivity contribution in [3.05, 3.63) is 77.7 Å². The highest BCUT2D eigenvalue weighted by atomic mass is 19.1. The van der Waals surface area contributed by atoms with Crippen molar-refractivity contribution >= 4 is 0 Å². The third-order valence-corrected chi connectivity index (χ3v) is 3.92. The summed E-state index contributed by atoms with van der Waals surface area (Å²) in [5, 5.41) is 16.3. The van der Waals surface area contributed by atoms with Gasteiger partial charge in [0.15, 0.2) is 0 Å². The number of halogens is 1. The number of nitrogens with one attached hydrogen (secondary N) is 1. The van der Waals surface area contributed by atoms with E-state index in [1.54, 1.807) is 24.4 Å². The molecule has 1 aromatic heterocycles. The summed E-state index contributed by atoms with van der Waals surface area (Å²) in [6.45, 7) is 1.90. The molecule has 124 valence electrons. The molecule has 5 heteroatoms. The van der Waals surface area contributed by atoms with E-state index in [1.807, 2.05) is 18.2 Å². The Hall–Kier alpha value is -2.50. The van der Waals surface area contributed by atoms with E-state index in [0.29, 0.717) is 30.9 Å². The van der Waals surface area contributed by atoms with Crippen molar-refractivity contribution in [1.82, 2.24) is 15.1 Å².